The van der Waals surface area contributed by atoms with Gasteiger partial charge < -0.3 is 10.0 Å². The highest BCUT2D eigenvalue weighted by Crippen LogP contribution is 2.16. The molecule has 78 valence electrons. The molecule has 0 aliphatic rings. The largest absolute Gasteiger partial charge is 0.395 e. The van der Waals surface area contributed by atoms with Gasteiger partial charge in [0.25, 0.3) is 0 Å². The summed E-state index contributed by atoms with van der Waals surface area (Å²) >= 11 is 3.29. The summed E-state index contributed by atoms with van der Waals surface area (Å²) in [5, 5.41) is 8.92. The Morgan fingerprint density at radius 1 is 1.50 bits per heavy atom. The van der Waals surface area contributed by atoms with Crippen LogP contribution in [0.25, 0.3) is 0 Å². The molecule has 14 heavy (non-hydrogen) atoms. The Morgan fingerprint density at radius 2 is 2.21 bits per heavy atom. The van der Waals surface area contributed by atoms with Gasteiger partial charge in [0.15, 0.2) is 0 Å². The third kappa shape index (κ3) is 2.92. The molecule has 0 fully saturated rings. The first kappa shape index (κ1) is 11.4. The summed E-state index contributed by atoms with van der Waals surface area (Å²) < 4.78 is 0.756. The van der Waals surface area contributed by atoms with Crippen LogP contribution in [0.5, 0.6) is 0 Å². The van der Waals surface area contributed by atoms with Crippen molar-refractivity contribution in [2.24, 2.45) is 0 Å². The van der Waals surface area contributed by atoms with Crippen LogP contribution in [0, 0.1) is 0 Å². The molecule has 1 aromatic heterocycles. The normalized spacial score (nSPS) is 10.6. The molecule has 0 aliphatic heterocycles. The molecule has 0 radical (unpaired) electrons. The van der Waals surface area contributed by atoms with Gasteiger partial charge in [-0.3, -0.25) is 0 Å². The maximum absolute atomic E-state index is 8.92. The molecule has 4 nitrogen and oxygen atoms in total. The minimum absolute atomic E-state index is 0.125. The van der Waals surface area contributed by atoms with E-state index in [2.05, 4.69) is 39.7 Å². The van der Waals surface area contributed by atoms with E-state index in [0.29, 0.717) is 12.6 Å². The number of aromatic nitrogens is 2. The van der Waals surface area contributed by atoms with Crippen molar-refractivity contribution in [2.45, 2.75) is 19.9 Å². The first-order valence-corrected chi connectivity index (χ1v) is 5.29. The first-order valence-electron chi connectivity index (χ1n) is 4.50. The second kappa shape index (κ2) is 5.26. The Hall–Kier alpha value is -0.680. The SMILES string of the molecule is CC(C)N(CCO)c1cc(Br)ncn1. The van der Waals surface area contributed by atoms with Gasteiger partial charge in [-0.2, -0.15) is 0 Å². The van der Waals surface area contributed by atoms with Crippen molar-refractivity contribution >= 4 is 21.7 Å². The lowest BCUT2D eigenvalue weighted by Crippen LogP contribution is -2.34. The molecule has 0 amide bonds. The van der Waals surface area contributed by atoms with Crippen LogP contribution in [0.2, 0.25) is 0 Å². The summed E-state index contributed by atoms with van der Waals surface area (Å²) in [6.07, 6.45) is 1.51. The number of nitrogens with zero attached hydrogens (tertiary/aromatic N) is 3. The molecular formula is C9H14BrN3O. The molecule has 1 heterocycles. The number of hydrogen-bond acceptors (Lipinski definition) is 4. The summed E-state index contributed by atoms with van der Waals surface area (Å²) in [7, 11) is 0. The van der Waals surface area contributed by atoms with Crippen LogP contribution < -0.4 is 4.90 Å². The van der Waals surface area contributed by atoms with Gasteiger partial charge in [0.1, 0.15) is 16.7 Å². The molecule has 0 aromatic carbocycles. The van der Waals surface area contributed by atoms with Crippen LogP contribution in [0.15, 0.2) is 17.0 Å². The van der Waals surface area contributed by atoms with Crippen molar-refractivity contribution < 1.29 is 5.11 Å². The number of aliphatic hydroxyl groups excluding tert-OH is 1. The topological polar surface area (TPSA) is 49.2 Å². The van der Waals surface area contributed by atoms with Crippen molar-refractivity contribution in [3.05, 3.63) is 17.0 Å². The smallest absolute Gasteiger partial charge is 0.133 e. The highest BCUT2D eigenvalue weighted by Gasteiger charge is 2.11. The van der Waals surface area contributed by atoms with Crippen molar-refractivity contribution in [1.82, 2.24) is 9.97 Å². The fourth-order valence-corrected chi connectivity index (χ4v) is 1.52. The molecule has 1 rings (SSSR count). The number of hydrogen-bond donors (Lipinski definition) is 1. The lowest BCUT2D eigenvalue weighted by Gasteiger charge is -2.26. The van der Waals surface area contributed by atoms with Crippen LogP contribution in [0.1, 0.15) is 13.8 Å². The van der Waals surface area contributed by atoms with Gasteiger partial charge in [0.05, 0.1) is 6.61 Å². The zero-order valence-electron chi connectivity index (χ0n) is 8.31. The molecule has 1 N–H and O–H groups in total. The zero-order valence-corrected chi connectivity index (χ0v) is 9.90. The lowest BCUT2D eigenvalue weighted by atomic mass is 10.3. The van der Waals surface area contributed by atoms with Gasteiger partial charge in [0, 0.05) is 18.7 Å². The van der Waals surface area contributed by atoms with Crippen LogP contribution in [0.4, 0.5) is 5.82 Å². The van der Waals surface area contributed by atoms with Crippen LogP contribution >= 0.6 is 15.9 Å². The average molecular weight is 260 g/mol. The lowest BCUT2D eigenvalue weighted by molar-refractivity contribution is 0.298. The average Bonchev–Trinajstić information content (AvgIpc) is 2.13. The highest BCUT2D eigenvalue weighted by atomic mass is 79.9. The third-order valence-corrected chi connectivity index (χ3v) is 2.31. The molecule has 0 aliphatic carbocycles. The standard InChI is InChI=1S/C9H14BrN3O/c1-7(2)13(3-4-14)9-5-8(10)11-6-12-9/h5-7,14H,3-4H2,1-2H3. The molecular weight excluding hydrogens is 246 g/mol. The highest BCUT2D eigenvalue weighted by molar-refractivity contribution is 9.10. The fourth-order valence-electron chi connectivity index (χ4n) is 1.23. The van der Waals surface area contributed by atoms with E-state index in [0.717, 1.165) is 10.4 Å². The van der Waals surface area contributed by atoms with Crippen molar-refractivity contribution in [2.75, 3.05) is 18.1 Å². The van der Waals surface area contributed by atoms with E-state index in [-0.39, 0.29) is 6.61 Å². The molecule has 0 saturated carbocycles. The van der Waals surface area contributed by atoms with Gasteiger partial charge in [-0.25, -0.2) is 9.97 Å². The number of halogens is 1. The van der Waals surface area contributed by atoms with Gasteiger partial charge in [-0.1, -0.05) is 0 Å². The van der Waals surface area contributed by atoms with E-state index in [1.165, 1.54) is 6.33 Å². The summed E-state index contributed by atoms with van der Waals surface area (Å²) in [5.41, 5.74) is 0. The second-order valence-electron chi connectivity index (χ2n) is 3.21. The van der Waals surface area contributed by atoms with Crippen molar-refractivity contribution in [3.8, 4) is 0 Å². The molecule has 0 spiro atoms. The van der Waals surface area contributed by atoms with E-state index in [1.54, 1.807) is 0 Å². The molecule has 1 aromatic rings. The summed E-state index contributed by atoms with van der Waals surface area (Å²) in [6, 6.07) is 2.15. The van der Waals surface area contributed by atoms with Gasteiger partial charge in [0.2, 0.25) is 0 Å². The van der Waals surface area contributed by atoms with Crippen LogP contribution in [-0.2, 0) is 0 Å². The second-order valence-corrected chi connectivity index (χ2v) is 4.02. The third-order valence-electron chi connectivity index (χ3n) is 1.88. The predicted octanol–water partition coefficient (Wildman–Crippen LogP) is 1.45. The molecule has 5 heteroatoms. The zero-order chi connectivity index (χ0) is 10.6. The minimum Gasteiger partial charge on any atom is -0.395 e. The number of rotatable bonds is 4. The van der Waals surface area contributed by atoms with E-state index >= 15 is 0 Å². The maximum atomic E-state index is 8.92. The fraction of sp³-hybridized carbons (Fsp3) is 0.556. The summed E-state index contributed by atoms with van der Waals surface area (Å²) in [4.78, 5) is 10.1. The first-order chi connectivity index (χ1) is 6.65. The summed E-state index contributed by atoms with van der Waals surface area (Å²) in [6.45, 7) is 4.83. The molecule has 0 saturated heterocycles. The van der Waals surface area contributed by atoms with Crippen LogP contribution in [-0.4, -0.2) is 34.3 Å². The summed E-state index contributed by atoms with van der Waals surface area (Å²) in [5.74, 6) is 0.830. The quantitative estimate of drug-likeness (QED) is 0.832. The maximum Gasteiger partial charge on any atom is 0.133 e. The van der Waals surface area contributed by atoms with Gasteiger partial charge in [-0.15, -0.1) is 0 Å². The predicted molar refractivity (Wildman–Crippen MR) is 59.3 cm³/mol. The molecule has 0 unspecified atom stereocenters. The molecule has 0 atom stereocenters. The minimum atomic E-state index is 0.125. The van der Waals surface area contributed by atoms with Gasteiger partial charge in [-0.05, 0) is 29.8 Å². The molecule has 0 bridgehead atoms. The van der Waals surface area contributed by atoms with E-state index in [9.17, 15) is 0 Å². The Balaban J connectivity index is 2.87. The van der Waals surface area contributed by atoms with Crippen molar-refractivity contribution in [1.29, 1.82) is 0 Å². The van der Waals surface area contributed by atoms with E-state index < -0.39 is 0 Å². The van der Waals surface area contributed by atoms with Gasteiger partial charge >= 0.3 is 0 Å². The monoisotopic (exact) mass is 259 g/mol. The van der Waals surface area contributed by atoms with Crippen LogP contribution in [0.3, 0.4) is 0 Å². The Labute approximate surface area is 92.1 Å². The number of aliphatic hydroxyl groups is 1. The van der Waals surface area contributed by atoms with Crippen molar-refractivity contribution in [3.63, 3.8) is 0 Å². The Bertz CT molecular complexity index is 293. The Morgan fingerprint density at radius 3 is 2.71 bits per heavy atom. The Kier molecular flexibility index (Phi) is 4.28. The number of anilines is 1. The van der Waals surface area contributed by atoms with E-state index in [4.69, 9.17) is 5.11 Å². The van der Waals surface area contributed by atoms with E-state index in [1.807, 2.05) is 11.0 Å².